The van der Waals surface area contributed by atoms with Crippen molar-refractivity contribution in [3.05, 3.63) is 0 Å². The number of halogens is 2. The molecule has 0 aliphatic heterocycles. The Morgan fingerprint density at radius 1 is 1.38 bits per heavy atom. The zero-order valence-corrected chi connectivity index (χ0v) is 8.19. The van der Waals surface area contributed by atoms with E-state index in [0.717, 1.165) is 11.8 Å². The van der Waals surface area contributed by atoms with Gasteiger partial charge in [-0.15, -0.1) is 0 Å². The van der Waals surface area contributed by atoms with Gasteiger partial charge in [0.05, 0.1) is 0 Å². The Bertz CT molecular complexity index is 197. The van der Waals surface area contributed by atoms with E-state index in [9.17, 15) is 8.78 Å². The normalized spacial score (nSPS) is 39.7. The zero-order chi connectivity index (χ0) is 9.64. The molecule has 3 unspecified atom stereocenters. The van der Waals surface area contributed by atoms with E-state index in [1.165, 1.54) is 6.42 Å². The smallest absolute Gasteiger partial charge is 0.251 e. The van der Waals surface area contributed by atoms with Crippen LogP contribution in [0.25, 0.3) is 0 Å². The molecule has 0 bridgehead atoms. The fraction of sp³-hybridized carbons (Fsp3) is 1.00. The van der Waals surface area contributed by atoms with Gasteiger partial charge >= 0.3 is 0 Å². The molecule has 0 aromatic heterocycles. The van der Waals surface area contributed by atoms with Crippen LogP contribution in [0.2, 0.25) is 0 Å². The molecule has 2 saturated carbocycles. The Morgan fingerprint density at radius 2 is 1.92 bits per heavy atom. The molecular formula is C10H17F2N. The van der Waals surface area contributed by atoms with Crippen LogP contribution in [-0.4, -0.2) is 18.0 Å². The van der Waals surface area contributed by atoms with Crippen molar-refractivity contribution >= 4 is 0 Å². The molecule has 2 fully saturated rings. The summed E-state index contributed by atoms with van der Waals surface area (Å²) >= 11 is 0. The average Bonchev–Trinajstić information content (AvgIpc) is 2.62. The molecule has 3 atom stereocenters. The molecule has 2 aliphatic carbocycles. The number of hydrogen-bond donors (Lipinski definition) is 1. The molecule has 0 saturated heterocycles. The molecule has 0 radical (unpaired) electrons. The van der Waals surface area contributed by atoms with Gasteiger partial charge in [-0.3, -0.25) is 0 Å². The number of alkyl halides is 2. The standard InChI is InChI=1S/C10H17F2N/c1-6-3-9(6)7(2)13-8-4-10(11,12)5-8/h6-9,13H,3-5H2,1-2H3. The van der Waals surface area contributed by atoms with Crippen molar-refractivity contribution in [2.45, 2.75) is 51.1 Å². The average molecular weight is 189 g/mol. The van der Waals surface area contributed by atoms with Crippen molar-refractivity contribution in [1.82, 2.24) is 5.32 Å². The van der Waals surface area contributed by atoms with E-state index in [-0.39, 0.29) is 18.9 Å². The summed E-state index contributed by atoms with van der Waals surface area (Å²) in [4.78, 5) is 0. The first-order chi connectivity index (χ1) is 5.98. The monoisotopic (exact) mass is 189 g/mol. The first-order valence-electron chi connectivity index (χ1n) is 5.12. The topological polar surface area (TPSA) is 12.0 Å². The molecule has 0 aromatic rings. The summed E-state index contributed by atoms with van der Waals surface area (Å²) in [5, 5.41) is 3.28. The molecule has 1 nitrogen and oxygen atoms in total. The number of rotatable bonds is 3. The Morgan fingerprint density at radius 3 is 2.31 bits per heavy atom. The summed E-state index contributed by atoms with van der Waals surface area (Å²) in [5.41, 5.74) is 0. The quantitative estimate of drug-likeness (QED) is 0.719. The van der Waals surface area contributed by atoms with Crippen LogP contribution in [-0.2, 0) is 0 Å². The molecule has 2 rings (SSSR count). The Balaban J connectivity index is 1.69. The van der Waals surface area contributed by atoms with E-state index in [2.05, 4.69) is 19.2 Å². The van der Waals surface area contributed by atoms with Gasteiger partial charge in [0.15, 0.2) is 0 Å². The highest BCUT2D eigenvalue weighted by Crippen LogP contribution is 2.42. The highest BCUT2D eigenvalue weighted by Gasteiger charge is 2.47. The van der Waals surface area contributed by atoms with E-state index >= 15 is 0 Å². The van der Waals surface area contributed by atoms with Gasteiger partial charge in [-0.1, -0.05) is 6.92 Å². The molecule has 0 spiro atoms. The van der Waals surface area contributed by atoms with Gasteiger partial charge < -0.3 is 5.32 Å². The summed E-state index contributed by atoms with van der Waals surface area (Å²) in [6, 6.07) is 0.494. The maximum absolute atomic E-state index is 12.5. The SMILES string of the molecule is CC1CC1C(C)NC1CC(F)(F)C1. The van der Waals surface area contributed by atoms with Crippen LogP contribution in [0.15, 0.2) is 0 Å². The van der Waals surface area contributed by atoms with Crippen LogP contribution in [0, 0.1) is 11.8 Å². The zero-order valence-electron chi connectivity index (χ0n) is 8.19. The maximum Gasteiger partial charge on any atom is 0.251 e. The van der Waals surface area contributed by atoms with Gasteiger partial charge in [-0.25, -0.2) is 8.78 Å². The fourth-order valence-corrected chi connectivity index (χ4v) is 2.32. The van der Waals surface area contributed by atoms with Crippen LogP contribution >= 0.6 is 0 Å². The third kappa shape index (κ3) is 2.01. The lowest BCUT2D eigenvalue weighted by atomic mass is 9.87. The maximum atomic E-state index is 12.5. The number of hydrogen-bond acceptors (Lipinski definition) is 1. The summed E-state index contributed by atoms with van der Waals surface area (Å²) < 4.78 is 25.0. The van der Waals surface area contributed by atoms with E-state index < -0.39 is 5.92 Å². The highest BCUT2D eigenvalue weighted by atomic mass is 19.3. The molecule has 0 heterocycles. The summed E-state index contributed by atoms with van der Waals surface area (Å²) in [6.07, 6.45) is 1.34. The van der Waals surface area contributed by atoms with Crippen LogP contribution < -0.4 is 5.32 Å². The molecule has 3 heteroatoms. The first kappa shape index (κ1) is 9.38. The lowest BCUT2D eigenvalue weighted by Crippen LogP contribution is -2.51. The van der Waals surface area contributed by atoms with Gasteiger partial charge in [0.25, 0.3) is 5.92 Å². The van der Waals surface area contributed by atoms with Gasteiger partial charge in [0, 0.05) is 24.9 Å². The van der Waals surface area contributed by atoms with Crippen molar-refractivity contribution in [2.75, 3.05) is 0 Å². The molecular weight excluding hydrogens is 172 g/mol. The van der Waals surface area contributed by atoms with Gasteiger partial charge in [0.2, 0.25) is 0 Å². The summed E-state index contributed by atoms with van der Waals surface area (Å²) in [5.74, 6) is -0.857. The van der Waals surface area contributed by atoms with Crippen molar-refractivity contribution in [3.8, 4) is 0 Å². The van der Waals surface area contributed by atoms with Crippen molar-refractivity contribution in [2.24, 2.45) is 11.8 Å². The molecule has 76 valence electrons. The molecule has 0 aromatic carbocycles. The van der Waals surface area contributed by atoms with Crippen LogP contribution in [0.1, 0.15) is 33.1 Å². The summed E-state index contributed by atoms with van der Waals surface area (Å²) in [7, 11) is 0. The molecule has 2 aliphatic rings. The van der Waals surface area contributed by atoms with Crippen LogP contribution in [0.5, 0.6) is 0 Å². The fourth-order valence-electron chi connectivity index (χ4n) is 2.32. The second-order valence-electron chi connectivity index (χ2n) is 4.79. The highest BCUT2D eigenvalue weighted by molar-refractivity contribution is 4.97. The Hall–Kier alpha value is -0.180. The third-order valence-electron chi connectivity index (χ3n) is 3.40. The second-order valence-corrected chi connectivity index (χ2v) is 4.79. The third-order valence-corrected chi connectivity index (χ3v) is 3.40. The van der Waals surface area contributed by atoms with Crippen LogP contribution in [0.3, 0.4) is 0 Å². The minimum atomic E-state index is -2.38. The molecule has 1 N–H and O–H groups in total. The molecule has 13 heavy (non-hydrogen) atoms. The number of nitrogens with one attached hydrogen (secondary N) is 1. The predicted octanol–water partition coefficient (Wildman–Crippen LogP) is 2.42. The Labute approximate surface area is 77.9 Å². The molecule has 0 amide bonds. The van der Waals surface area contributed by atoms with Crippen LogP contribution in [0.4, 0.5) is 8.78 Å². The van der Waals surface area contributed by atoms with E-state index in [4.69, 9.17) is 0 Å². The van der Waals surface area contributed by atoms with E-state index in [1.54, 1.807) is 0 Å². The minimum Gasteiger partial charge on any atom is -0.311 e. The lowest BCUT2D eigenvalue weighted by Gasteiger charge is -2.37. The van der Waals surface area contributed by atoms with E-state index in [1.807, 2.05) is 0 Å². The van der Waals surface area contributed by atoms with Gasteiger partial charge in [0.1, 0.15) is 0 Å². The second kappa shape index (κ2) is 2.91. The minimum absolute atomic E-state index is 0.0401. The first-order valence-corrected chi connectivity index (χ1v) is 5.12. The van der Waals surface area contributed by atoms with Gasteiger partial charge in [-0.2, -0.15) is 0 Å². The van der Waals surface area contributed by atoms with E-state index in [0.29, 0.717) is 6.04 Å². The summed E-state index contributed by atoms with van der Waals surface area (Å²) in [6.45, 7) is 4.34. The largest absolute Gasteiger partial charge is 0.311 e. The predicted molar refractivity (Wildman–Crippen MR) is 47.8 cm³/mol. The van der Waals surface area contributed by atoms with Crippen molar-refractivity contribution in [1.29, 1.82) is 0 Å². The van der Waals surface area contributed by atoms with Crippen molar-refractivity contribution in [3.63, 3.8) is 0 Å². The van der Waals surface area contributed by atoms with Gasteiger partial charge in [-0.05, 0) is 25.2 Å². The van der Waals surface area contributed by atoms with Crippen molar-refractivity contribution < 1.29 is 8.78 Å². The lowest BCUT2D eigenvalue weighted by molar-refractivity contribution is -0.0948. The Kier molecular flexibility index (Phi) is 2.10.